The molecule has 0 amide bonds. The molecule has 5 heteroatoms. The number of hydrogen-bond donors (Lipinski definition) is 1. The van der Waals surface area contributed by atoms with Crippen LogP contribution in [0.2, 0.25) is 0 Å². The lowest BCUT2D eigenvalue weighted by atomic mass is 9.93. The Labute approximate surface area is 169 Å². The average molecular weight is 391 g/mol. The first-order valence-corrected chi connectivity index (χ1v) is 10.1. The Morgan fingerprint density at radius 1 is 1.14 bits per heavy atom. The van der Waals surface area contributed by atoms with Crippen LogP contribution in [0.3, 0.4) is 0 Å². The molecule has 0 fully saturated rings. The number of rotatable bonds is 6. The minimum Gasteiger partial charge on any atom is -0.462 e. The van der Waals surface area contributed by atoms with E-state index in [9.17, 15) is 10.1 Å². The van der Waals surface area contributed by atoms with Crippen LogP contribution in [0.15, 0.2) is 48.5 Å². The lowest BCUT2D eigenvalue weighted by molar-refractivity contribution is 0.0533. The molecule has 3 rings (SSSR count). The van der Waals surface area contributed by atoms with Gasteiger partial charge in [0.15, 0.2) is 0 Å². The molecule has 28 heavy (non-hydrogen) atoms. The predicted molar refractivity (Wildman–Crippen MR) is 113 cm³/mol. The van der Waals surface area contributed by atoms with Crippen LogP contribution in [0.25, 0.3) is 22.3 Å². The fourth-order valence-electron chi connectivity index (χ4n) is 3.28. The summed E-state index contributed by atoms with van der Waals surface area (Å²) in [6.07, 6.45) is 0.686. The number of hydrogen-bond acceptors (Lipinski definition) is 5. The van der Waals surface area contributed by atoms with Crippen molar-refractivity contribution in [1.29, 1.82) is 5.26 Å². The standard InChI is InChI=1S/C23H22N2O2S/c1-3-20-19(14-25)21(22(28-20)23(26)27-4-2)16-10-11-18(17(12-16)13-24)15-8-6-5-7-9-15/h5-12H,3-4,13,24H2,1-2H3. The van der Waals surface area contributed by atoms with Crippen molar-refractivity contribution in [3.05, 3.63) is 69.4 Å². The van der Waals surface area contributed by atoms with Crippen molar-refractivity contribution in [2.24, 2.45) is 5.73 Å². The molecule has 0 aliphatic heterocycles. The van der Waals surface area contributed by atoms with Gasteiger partial charge in [0, 0.05) is 17.0 Å². The SMILES string of the molecule is CCOC(=O)c1sc(CC)c(C#N)c1-c1ccc(-c2ccccc2)c(CN)c1. The van der Waals surface area contributed by atoms with Gasteiger partial charge in [0.2, 0.25) is 0 Å². The summed E-state index contributed by atoms with van der Waals surface area (Å²) in [5, 5.41) is 9.76. The molecule has 2 N–H and O–H groups in total. The number of nitrogens with two attached hydrogens (primary N) is 1. The zero-order chi connectivity index (χ0) is 20.1. The van der Waals surface area contributed by atoms with E-state index in [1.54, 1.807) is 6.92 Å². The molecule has 0 saturated heterocycles. The van der Waals surface area contributed by atoms with Gasteiger partial charge >= 0.3 is 5.97 Å². The van der Waals surface area contributed by atoms with Gasteiger partial charge in [-0.15, -0.1) is 11.3 Å². The highest BCUT2D eigenvalue weighted by Crippen LogP contribution is 2.39. The molecule has 0 atom stereocenters. The minimum absolute atomic E-state index is 0.292. The summed E-state index contributed by atoms with van der Waals surface area (Å²) in [5.74, 6) is -0.389. The third kappa shape index (κ3) is 3.70. The van der Waals surface area contributed by atoms with Gasteiger partial charge in [-0.05, 0) is 41.7 Å². The summed E-state index contributed by atoms with van der Waals surface area (Å²) in [6.45, 7) is 4.41. The molecule has 0 spiro atoms. The molecule has 0 radical (unpaired) electrons. The van der Waals surface area contributed by atoms with Crippen LogP contribution in [0.1, 0.15) is 39.5 Å². The Balaban J connectivity index is 2.19. The molecule has 0 saturated carbocycles. The van der Waals surface area contributed by atoms with Crippen LogP contribution in [-0.4, -0.2) is 12.6 Å². The van der Waals surface area contributed by atoms with Crippen LogP contribution in [0.5, 0.6) is 0 Å². The topological polar surface area (TPSA) is 76.1 Å². The van der Waals surface area contributed by atoms with Gasteiger partial charge < -0.3 is 10.5 Å². The number of carbonyl (C=O) groups excluding carboxylic acids is 1. The fourth-order valence-corrected chi connectivity index (χ4v) is 4.38. The molecule has 1 heterocycles. The molecule has 142 valence electrons. The normalized spacial score (nSPS) is 10.5. The molecule has 0 unspecified atom stereocenters. The first kappa shape index (κ1) is 19.8. The maximum absolute atomic E-state index is 12.5. The molecular formula is C23H22N2O2S. The number of ether oxygens (including phenoxy) is 1. The lowest BCUT2D eigenvalue weighted by Gasteiger charge is -2.12. The first-order chi connectivity index (χ1) is 13.6. The van der Waals surface area contributed by atoms with Crippen LogP contribution < -0.4 is 5.73 Å². The number of esters is 1. The van der Waals surface area contributed by atoms with Gasteiger partial charge in [0.1, 0.15) is 10.9 Å². The highest BCUT2D eigenvalue weighted by molar-refractivity contribution is 7.14. The van der Waals surface area contributed by atoms with Crippen molar-refractivity contribution in [2.75, 3.05) is 6.61 Å². The molecule has 0 aliphatic rings. The molecule has 0 bridgehead atoms. The number of thiophene rings is 1. The zero-order valence-electron chi connectivity index (χ0n) is 16.0. The largest absolute Gasteiger partial charge is 0.462 e. The van der Waals surface area contributed by atoms with Gasteiger partial charge in [0.05, 0.1) is 12.2 Å². The first-order valence-electron chi connectivity index (χ1n) is 9.26. The monoisotopic (exact) mass is 390 g/mol. The summed E-state index contributed by atoms with van der Waals surface area (Å²) in [7, 11) is 0. The highest BCUT2D eigenvalue weighted by atomic mass is 32.1. The van der Waals surface area contributed by atoms with E-state index in [0.29, 0.717) is 35.6 Å². The van der Waals surface area contributed by atoms with Crippen molar-refractivity contribution in [2.45, 2.75) is 26.8 Å². The van der Waals surface area contributed by atoms with Gasteiger partial charge in [-0.2, -0.15) is 5.26 Å². The Hall–Kier alpha value is -2.94. The lowest BCUT2D eigenvalue weighted by Crippen LogP contribution is -2.05. The number of aryl methyl sites for hydroxylation is 1. The maximum atomic E-state index is 12.5. The number of benzene rings is 2. The van der Waals surface area contributed by atoms with Crippen molar-refractivity contribution < 1.29 is 9.53 Å². The van der Waals surface area contributed by atoms with Gasteiger partial charge in [0.25, 0.3) is 0 Å². The summed E-state index contributed by atoms with van der Waals surface area (Å²) in [4.78, 5) is 13.9. The van der Waals surface area contributed by atoms with Crippen LogP contribution in [0.4, 0.5) is 0 Å². The molecule has 1 aromatic heterocycles. The third-order valence-electron chi connectivity index (χ3n) is 4.57. The number of carbonyl (C=O) groups is 1. The number of nitriles is 1. The minimum atomic E-state index is -0.389. The highest BCUT2D eigenvalue weighted by Gasteiger charge is 2.24. The van der Waals surface area contributed by atoms with Crippen molar-refractivity contribution >= 4 is 17.3 Å². The summed E-state index contributed by atoms with van der Waals surface area (Å²) in [5.41, 5.74) is 11.1. The molecule has 0 aliphatic carbocycles. The second-order valence-electron chi connectivity index (χ2n) is 6.23. The smallest absolute Gasteiger partial charge is 0.348 e. The van der Waals surface area contributed by atoms with Crippen LogP contribution in [0, 0.1) is 11.3 Å². The van der Waals surface area contributed by atoms with E-state index in [4.69, 9.17) is 10.5 Å². The Bertz CT molecular complexity index is 1030. The maximum Gasteiger partial charge on any atom is 0.348 e. The fraction of sp³-hybridized carbons (Fsp3) is 0.217. The summed E-state index contributed by atoms with van der Waals surface area (Å²) in [6, 6.07) is 18.3. The molecular weight excluding hydrogens is 368 g/mol. The molecule has 4 nitrogen and oxygen atoms in total. The van der Waals surface area contributed by atoms with Gasteiger partial charge in [-0.25, -0.2) is 4.79 Å². The Kier molecular flexibility index (Phi) is 6.25. The van der Waals surface area contributed by atoms with Crippen LogP contribution >= 0.6 is 11.3 Å². The van der Waals surface area contributed by atoms with E-state index >= 15 is 0 Å². The summed E-state index contributed by atoms with van der Waals surface area (Å²) >= 11 is 1.34. The average Bonchev–Trinajstić information content (AvgIpc) is 3.13. The van der Waals surface area contributed by atoms with Crippen molar-refractivity contribution in [1.82, 2.24) is 0 Å². The van der Waals surface area contributed by atoms with Gasteiger partial charge in [-0.1, -0.05) is 49.4 Å². The molecule has 3 aromatic rings. The van der Waals surface area contributed by atoms with E-state index < -0.39 is 0 Å². The zero-order valence-corrected chi connectivity index (χ0v) is 16.8. The Morgan fingerprint density at radius 2 is 1.89 bits per heavy atom. The third-order valence-corrected chi connectivity index (χ3v) is 5.89. The summed E-state index contributed by atoms with van der Waals surface area (Å²) < 4.78 is 5.23. The second-order valence-corrected chi connectivity index (χ2v) is 7.34. The van der Waals surface area contributed by atoms with E-state index in [2.05, 4.69) is 6.07 Å². The van der Waals surface area contributed by atoms with Crippen molar-refractivity contribution in [3.63, 3.8) is 0 Å². The van der Waals surface area contributed by atoms with E-state index in [0.717, 1.165) is 27.1 Å². The quantitative estimate of drug-likeness (QED) is 0.591. The molecule has 2 aromatic carbocycles. The van der Waals surface area contributed by atoms with E-state index in [1.165, 1.54) is 11.3 Å². The second kappa shape index (κ2) is 8.83. The van der Waals surface area contributed by atoms with Crippen molar-refractivity contribution in [3.8, 4) is 28.3 Å². The number of nitrogens with zero attached hydrogens (tertiary/aromatic N) is 1. The predicted octanol–water partition coefficient (Wildman–Crippen LogP) is 5.15. The van der Waals surface area contributed by atoms with Crippen LogP contribution in [-0.2, 0) is 17.7 Å². The van der Waals surface area contributed by atoms with Gasteiger partial charge in [-0.3, -0.25) is 0 Å². The van der Waals surface area contributed by atoms with E-state index in [1.807, 2.05) is 55.5 Å². The Morgan fingerprint density at radius 3 is 2.50 bits per heavy atom. The van der Waals surface area contributed by atoms with E-state index in [-0.39, 0.29) is 5.97 Å².